The molecule has 1 amide bonds. The van der Waals surface area contributed by atoms with Gasteiger partial charge < -0.3 is 10.2 Å². The van der Waals surface area contributed by atoms with Gasteiger partial charge in [0.2, 0.25) is 0 Å². The fourth-order valence-electron chi connectivity index (χ4n) is 2.30. The number of furan rings is 1. The molecule has 0 aliphatic carbocycles. The molecule has 0 radical (unpaired) electrons. The summed E-state index contributed by atoms with van der Waals surface area (Å²) in [5.74, 6) is -0.264. The Morgan fingerprint density at radius 1 is 1.21 bits per heavy atom. The SMILES string of the molecule is Nc1c(Cl)c(Cl)nc(C(=O)NN=Cc2ccc(-c3ccccc3[N+](=O)[O-])o2)c1Cl. The maximum absolute atomic E-state index is 12.2. The monoisotopic (exact) mass is 453 g/mol. The maximum atomic E-state index is 12.2. The number of hydrogen-bond donors (Lipinski definition) is 2. The largest absolute Gasteiger partial charge is 0.455 e. The van der Waals surface area contributed by atoms with Crippen LogP contribution in [-0.4, -0.2) is 22.0 Å². The molecule has 1 aromatic carbocycles. The Labute approximate surface area is 178 Å². The third kappa shape index (κ3) is 4.32. The number of hydrazone groups is 1. The number of rotatable bonds is 5. The van der Waals surface area contributed by atoms with Crippen LogP contribution < -0.4 is 11.2 Å². The van der Waals surface area contributed by atoms with E-state index in [0.29, 0.717) is 5.56 Å². The Kier molecular flexibility index (Phi) is 6.02. The zero-order chi connectivity index (χ0) is 21.1. The summed E-state index contributed by atoms with van der Waals surface area (Å²) in [6, 6.07) is 9.21. The first-order chi connectivity index (χ1) is 13.8. The van der Waals surface area contributed by atoms with Gasteiger partial charge in [0, 0.05) is 6.07 Å². The molecular formula is C17H10Cl3N5O4. The van der Waals surface area contributed by atoms with Crippen molar-refractivity contribution in [1.29, 1.82) is 0 Å². The molecule has 12 heteroatoms. The predicted molar refractivity (Wildman–Crippen MR) is 110 cm³/mol. The highest BCUT2D eigenvalue weighted by molar-refractivity contribution is 6.46. The molecule has 148 valence electrons. The van der Waals surface area contributed by atoms with Crippen LogP contribution in [0, 0.1) is 10.1 Å². The Morgan fingerprint density at radius 2 is 1.93 bits per heavy atom. The lowest BCUT2D eigenvalue weighted by Gasteiger charge is -2.07. The van der Waals surface area contributed by atoms with E-state index in [1.807, 2.05) is 0 Å². The molecule has 0 spiro atoms. The summed E-state index contributed by atoms with van der Waals surface area (Å²) in [4.78, 5) is 26.6. The van der Waals surface area contributed by atoms with Crippen LogP contribution in [0.2, 0.25) is 15.2 Å². The number of nitro benzene ring substituents is 1. The number of nitrogens with zero attached hydrogens (tertiary/aromatic N) is 3. The van der Waals surface area contributed by atoms with Gasteiger partial charge in [-0.15, -0.1) is 0 Å². The number of nitrogens with two attached hydrogens (primary N) is 1. The second-order valence-electron chi connectivity index (χ2n) is 5.47. The minimum absolute atomic E-state index is 0.0603. The number of nitrogen functional groups attached to an aromatic ring is 1. The highest BCUT2D eigenvalue weighted by Crippen LogP contribution is 2.34. The number of amides is 1. The summed E-state index contributed by atoms with van der Waals surface area (Å²) in [6.07, 6.45) is 1.20. The van der Waals surface area contributed by atoms with E-state index in [4.69, 9.17) is 45.0 Å². The number of benzene rings is 1. The number of aromatic nitrogens is 1. The van der Waals surface area contributed by atoms with Crippen LogP contribution in [0.15, 0.2) is 45.9 Å². The topological polar surface area (TPSA) is 137 Å². The van der Waals surface area contributed by atoms with Crippen molar-refractivity contribution in [3.05, 3.63) is 73.2 Å². The first-order valence-electron chi connectivity index (χ1n) is 7.76. The zero-order valence-electron chi connectivity index (χ0n) is 14.2. The molecule has 0 saturated carbocycles. The first-order valence-corrected chi connectivity index (χ1v) is 8.90. The van der Waals surface area contributed by atoms with E-state index in [-0.39, 0.29) is 43.8 Å². The molecule has 0 saturated heterocycles. The lowest BCUT2D eigenvalue weighted by Crippen LogP contribution is -2.20. The summed E-state index contributed by atoms with van der Waals surface area (Å²) >= 11 is 17.6. The average Bonchev–Trinajstić information content (AvgIpc) is 3.17. The van der Waals surface area contributed by atoms with Crippen LogP contribution >= 0.6 is 34.8 Å². The standard InChI is InChI=1S/C17H10Cl3N5O4/c18-12-14(21)13(19)16(20)23-15(12)17(26)24-22-7-8-5-6-11(29-8)9-3-1-2-4-10(9)25(27)28/h1-7H,(H2,21,23)(H,24,26). The molecule has 29 heavy (non-hydrogen) atoms. The van der Waals surface area contributed by atoms with Crippen molar-refractivity contribution in [3.8, 4) is 11.3 Å². The molecule has 3 N–H and O–H groups in total. The molecule has 0 atom stereocenters. The van der Waals surface area contributed by atoms with Gasteiger partial charge in [-0.1, -0.05) is 46.9 Å². The van der Waals surface area contributed by atoms with Crippen LogP contribution in [0.25, 0.3) is 11.3 Å². The highest BCUT2D eigenvalue weighted by Gasteiger charge is 2.20. The van der Waals surface area contributed by atoms with Gasteiger partial charge in [0.25, 0.3) is 11.6 Å². The second kappa shape index (κ2) is 8.48. The van der Waals surface area contributed by atoms with Gasteiger partial charge in [0.15, 0.2) is 10.8 Å². The minimum Gasteiger partial charge on any atom is -0.455 e. The summed E-state index contributed by atoms with van der Waals surface area (Å²) < 4.78 is 5.52. The third-order valence-electron chi connectivity index (χ3n) is 3.64. The number of para-hydroxylation sites is 1. The third-order valence-corrected chi connectivity index (χ3v) is 4.77. The molecule has 3 rings (SSSR count). The second-order valence-corrected chi connectivity index (χ2v) is 6.58. The number of nitrogens with one attached hydrogen (secondary N) is 1. The number of pyridine rings is 1. The molecule has 3 aromatic rings. The van der Waals surface area contributed by atoms with Crippen LogP contribution in [-0.2, 0) is 0 Å². The maximum Gasteiger partial charge on any atom is 0.291 e. The Morgan fingerprint density at radius 3 is 2.66 bits per heavy atom. The van der Waals surface area contributed by atoms with Crippen molar-refractivity contribution in [1.82, 2.24) is 10.4 Å². The van der Waals surface area contributed by atoms with Gasteiger partial charge in [-0.25, -0.2) is 10.4 Å². The van der Waals surface area contributed by atoms with Gasteiger partial charge in [-0.3, -0.25) is 14.9 Å². The van der Waals surface area contributed by atoms with Crippen molar-refractivity contribution in [3.63, 3.8) is 0 Å². The summed E-state index contributed by atoms with van der Waals surface area (Å²) in [5, 5.41) is 14.5. The van der Waals surface area contributed by atoms with Crippen LogP contribution in [0.1, 0.15) is 16.2 Å². The van der Waals surface area contributed by atoms with E-state index >= 15 is 0 Å². The quantitative estimate of drug-likeness (QED) is 0.251. The van der Waals surface area contributed by atoms with Crippen molar-refractivity contribution in [2.45, 2.75) is 0 Å². The molecule has 0 bridgehead atoms. The Bertz CT molecular complexity index is 1150. The van der Waals surface area contributed by atoms with Crippen molar-refractivity contribution in [2.24, 2.45) is 5.10 Å². The Hall–Kier alpha value is -3.14. The van der Waals surface area contributed by atoms with Gasteiger partial charge in [0.05, 0.1) is 27.4 Å². The van der Waals surface area contributed by atoms with Gasteiger partial charge in [-0.2, -0.15) is 5.10 Å². The van der Waals surface area contributed by atoms with Crippen molar-refractivity contribution in [2.75, 3.05) is 5.73 Å². The fraction of sp³-hybridized carbons (Fsp3) is 0. The van der Waals surface area contributed by atoms with E-state index in [2.05, 4.69) is 15.5 Å². The minimum atomic E-state index is -0.776. The number of nitro groups is 1. The normalized spacial score (nSPS) is 11.0. The van der Waals surface area contributed by atoms with Crippen LogP contribution in [0.3, 0.4) is 0 Å². The van der Waals surface area contributed by atoms with Gasteiger partial charge >= 0.3 is 0 Å². The molecule has 2 aromatic heterocycles. The average molecular weight is 455 g/mol. The zero-order valence-corrected chi connectivity index (χ0v) is 16.5. The molecule has 2 heterocycles. The van der Waals surface area contributed by atoms with Crippen molar-refractivity contribution >= 4 is 58.3 Å². The number of carbonyl (C=O) groups excluding carboxylic acids is 1. The van der Waals surface area contributed by atoms with E-state index in [0.717, 1.165) is 0 Å². The van der Waals surface area contributed by atoms with E-state index in [1.165, 1.54) is 18.3 Å². The predicted octanol–water partition coefficient (Wildman–Crippen LogP) is 4.56. The first kappa shape index (κ1) is 20.6. The molecule has 0 aliphatic heterocycles. The summed E-state index contributed by atoms with van der Waals surface area (Å²) in [6.45, 7) is 0. The molecule has 0 aliphatic rings. The van der Waals surface area contributed by atoms with Gasteiger partial charge in [-0.05, 0) is 18.2 Å². The molecule has 0 unspecified atom stereocenters. The Balaban J connectivity index is 1.76. The lowest BCUT2D eigenvalue weighted by molar-refractivity contribution is -0.384. The molecule has 9 nitrogen and oxygen atoms in total. The van der Waals surface area contributed by atoms with Crippen molar-refractivity contribution < 1.29 is 14.1 Å². The molecular weight excluding hydrogens is 445 g/mol. The van der Waals surface area contributed by atoms with E-state index < -0.39 is 10.8 Å². The summed E-state index contributed by atoms with van der Waals surface area (Å²) in [5.41, 5.74) is 7.74. The fourth-order valence-corrected chi connectivity index (χ4v) is 2.89. The number of anilines is 1. The van der Waals surface area contributed by atoms with Crippen LogP contribution in [0.4, 0.5) is 11.4 Å². The number of halogens is 3. The number of hydrogen-bond acceptors (Lipinski definition) is 7. The molecule has 0 fully saturated rings. The van der Waals surface area contributed by atoms with Gasteiger partial charge in [0.1, 0.15) is 16.5 Å². The summed E-state index contributed by atoms with van der Waals surface area (Å²) in [7, 11) is 0. The van der Waals surface area contributed by atoms with Crippen LogP contribution in [0.5, 0.6) is 0 Å². The smallest absolute Gasteiger partial charge is 0.291 e. The highest BCUT2D eigenvalue weighted by atomic mass is 35.5. The number of carbonyl (C=O) groups is 1. The lowest BCUT2D eigenvalue weighted by atomic mass is 10.1. The van der Waals surface area contributed by atoms with E-state index in [1.54, 1.807) is 24.3 Å². The van der Waals surface area contributed by atoms with E-state index in [9.17, 15) is 14.9 Å².